The fourth-order valence-corrected chi connectivity index (χ4v) is 2.89. The third-order valence-electron chi connectivity index (χ3n) is 4.24. The summed E-state index contributed by atoms with van der Waals surface area (Å²) in [6.45, 7) is 0. The number of hydrogen-bond acceptors (Lipinski definition) is 3. The quantitative estimate of drug-likeness (QED) is 0.885. The van der Waals surface area contributed by atoms with Gasteiger partial charge in [-0.05, 0) is 43.0 Å². The molecule has 2 amide bonds. The molecule has 0 bridgehead atoms. The van der Waals surface area contributed by atoms with E-state index in [9.17, 15) is 9.59 Å². The van der Waals surface area contributed by atoms with Gasteiger partial charge in [0.25, 0.3) is 5.91 Å². The minimum atomic E-state index is -0.0499. The van der Waals surface area contributed by atoms with E-state index in [0.29, 0.717) is 17.7 Å². The van der Waals surface area contributed by atoms with E-state index < -0.39 is 0 Å². The zero-order valence-electron chi connectivity index (χ0n) is 13.7. The first-order chi connectivity index (χ1) is 10.5. The van der Waals surface area contributed by atoms with Crippen molar-refractivity contribution in [2.24, 2.45) is 11.7 Å². The van der Waals surface area contributed by atoms with Crippen molar-refractivity contribution in [3.63, 3.8) is 0 Å². The molecule has 0 aromatic heterocycles. The van der Waals surface area contributed by atoms with E-state index in [4.69, 9.17) is 5.73 Å². The first-order valence-electron chi connectivity index (χ1n) is 7.84. The van der Waals surface area contributed by atoms with Crippen molar-refractivity contribution in [1.29, 1.82) is 0 Å². The highest BCUT2D eigenvalue weighted by atomic mass is 35.5. The van der Waals surface area contributed by atoms with Gasteiger partial charge in [0.05, 0.1) is 0 Å². The van der Waals surface area contributed by atoms with E-state index in [0.717, 1.165) is 19.3 Å². The molecule has 2 rings (SSSR count). The predicted octanol–water partition coefficient (Wildman–Crippen LogP) is 2.66. The standard InChI is InChI=1S/C17H25N3O2.ClH/c1-20(2)17(22)12-7-9-14(10-8-12)19-16(21)11-13-5-3-4-6-15(13)18;/h7-10,13,15H,3-6,11,18H2,1-2H3,(H,19,21);1H. The molecule has 0 spiro atoms. The first-order valence-corrected chi connectivity index (χ1v) is 7.84. The largest absolute Gasteiger partial charge is 0.345 e. The molecule has 3 N–H and O–H groups in total. The molecule has 1 saturated carbocycles. The lowest BCUT2D eigenvalue weighted by molar-refractivity contribution is -0.117. The zero-order chi connectivity index (χ0) is 16.1. The molecule has 128 valence electrons. The molecule has 2 unspecified atom stereocenters. The Bertz CT molecular complexity index is 531. The lowest BCUT2D eigenvalue weighted by Gasteiger charge is -2.27. The van der Waals surface area contributed by atoms with Crippen LogP contribution in [0.3, 0.4) is 0 Å². The molecule has 1 aliphatic carbocycles. The Labute approximate surface area is 144 Å². The van der Waals surface area contributed by atoms with Crippen LogP contribution in [0, 0.1) is 5.92 Å². The Balaban J connectivity index is 0.00000264. The summed E-state index contributed by atoms with van der Waals surface area (Å²) in [5.41, 5.74) is 7.40. The third kappa shape index (κ3) is 5.52. The minimum absolute atomic E-state index is 0. The highest BCUT2D eigenvalue weighted by molar-refractivity contribution is 5.95. The number of benzene rings is 1. The number of nitrogens with two attached hydrogens (primary N) is 1. The maximum absolute atomic E-state index is 12.1. The summed E-state index contributed by atoms with van der Waals surface area (Å²) in [6.07, 6.45) is 4.84. The molecule has 0 radical (unpaired) electrons. The van der Waals surface area contributed by atoms with E-state index in [1.54, 1.807) is 38.4 Å². The van der Waals surface area contributed by atoms with Crippen molar-refractivity contribution in [1.82, 2.24) is 4.90 Å². The van der Waals surface area contributed by atoms with Gasteiger partial charge in [-0.15, -0.1) is 12.4 Å². The lowest BCUT2D eigenvalue weighted by atomic mass is 9.83. The van der Waals surface area contributed by atoms with Crippen molar-refractivity contribution >= 4 is 29.9 Å². The molecular formula is C17H26ClN3O2. The monoisotopic (exact) mass is 339 g/mol. The number of halogens is 1. The minimum Gasteiger partial charge on any atom is -0.345 e. The number of nitrogens with one attached hydrogen (secondary N) is 1. The zero-order valence-corrected chi connectivity index (χ0v) is 14.6. The van der Waals surface area contributed by atoms with Gasteiger partial charge in [0.2, 0.25) is 5.91 Å². The Kier molecular flexibility index (Phi) is 7.52. The second-order valence-corrected chi connectivity index (χ2v) is 6.24. The first kappa shape index (κ1) is 19.5. The summed E-state index contributed by atoms with van der Waals surface area (Å²) in [7, 11) is 3.43. The number of carbonyl (C=O) groups excluding carboxylic acids is 2. The van der Waals surface area contributed by atoms with Crippen molar-refractivity contribution < 1.29 is 9.59 Å². The van der Waals surface area contributed by atoms with Crippen LogP contribution >= 0.6 is 12.4 Å². The maximum atomic E-state index is 12.1. The summed E-state index contributed by atoms with van der Waals surface area (Å²) >= 11 is 0. The van der Waals surface area contributed by atoms with Crippen molar-refractivity contribution in [2.45, 2.75) is 38.1 Å². The number of nitrogens with zero attached hydrogens (tertiary/aromatic N) is 1. The molecule has 6 heteroatoms. The van der Waals surface area contributed by atoms with Crippen LogP contribution in [0.5, 0.6) is 0 Å². The predicted molar refractivity (Wildman–Crippen MR) is 94.9 cm³/mol. The van der Waals surface area contributed by atoms with Crippen LogP contribution in [0.15, 0.2) is 24.3 Å². The van der Waals surface area contributed by atoms with Gasteiger partial charge in [-0.25, -0.2) is 0 Å². The van der Waals surface area contributed by atoms with E-state index in [2.05, 4.69) is 5.32 Å². The highest BCUT2D eigenvalue weighted by Crippen LogP contribution is 2.26. The molecule has 23 heavy (non-hydrogen) atoms. The van der Waals surface area contributed by atoms with E-state index >= 15 is 0 Å². The number of amides is 2. The normalized spacial score (nSPS) is 20.3. The maximum Gasteiger partial charge on any atom is 0.253 e. The summed E-state index contributed by atoms with van der Waals surface area (Å²) in [5.74, 6) is 0.225. The molecule has 1 aliphatic rings. The Hall–Kier alpha value is -1.59. The van der Waals surface area contributed by atoms with Gasteiger partial charge in [-0.2, -0.15) is 0 Å². The highest BCUT2D eigenvalue weighted by Gasteiger charge is 2.24. The second kappa shape index (κ2) is 8.89. The van der Waals surface area contributed by atoms with E-state index in [1.165, 1.54) is 11.3 Å². The van der Waals surface area contributed by atoms with Crippen molar-refractivity contribution in [3.8, 4) is 0 Å². The topological polar surface area (TPSA) is 75.4 Å². The second-order valence-electron chi connectivity index (χ2n) is 6.24. The molecule has 5 nitrogen and oxygen atoms in total. The van der Waals surface area contributed by atoms with E-state index in [-0.39, 0.29) is 36.2 Å². The van der Waals surface area contributed by atoms with Crippen molar-refractivity contribution in [2.75, 3.05) is 19.4 Å². The van der Waals surface area contributed by atoms with Crippen LogP contribution in [0.4, 0.5) is 5.69 Å². The average Bonchev–Trinajstić information content (AvgIpc) is 2.49. The van der Waals surface area contributed by atoms with E-state index in [1.807, 2.05) is 0 Å². The molecule has 0 aliphatic heterocycles. The van der Waals surface area contributed by atoms with Gasteiger partial charge in [0.1, 0.15) is 0 Å². The van der Waals surface area contributed by atoms with Crippen LogP contribution in [-0.4, -0.2) is 36.9 Å². The Morgan fingerprint density at radius 3 is 2.35 bits per heavy atom. The van der Waals surface area contributed by atoms with Gasteiger partial charge >= 0.3 is 0 Å². The summed E-state index contributed by atoms with van der Waals surface area (Å²) < 4.78 is 0. The number of carbonyl (C=O) groups is 2. The molecule has 1 aromatic carbocycles. The molecule has 0 heterocycles. The molecule has 0 saturated heterocycles. The van der Waals surface area contributed by atoms with Gasteiger partial charge in [0.15, 0.2) is 0 Å². The average molecular weight is 340 g/mol. The third-order valence-corrected chi connectivity index (χ3v) is 4.24. The number of hydrogen-bond donors (Lipinski definition) is 2. The van der Waals surface area contributed by atoms with Crippen LogP contribution in [-0.2, 0) is 4.79 Å². The molecule has 2 atom stereocenters. The van der Waals surface area contributed by atoms with Crippen LogP contribution in [0.1, 0.15) is 42.5 Å². The van der Waals surface area contributed by atoms with Gasteiger partial charge in [0, 0.05) is 37.8 Å². The van der Waals surface area contributed by atoms with Gasteiger partial charge < -0.3 is 16.0 Å². The number of anilines is 1. The van der Waals surface area contributed by atoms with Gasteiger partial charge in [-0.3, -0.25) is 9.59 Å². The lowest BCUT2D eigenvalue weighted by Crippen LogP contribution is -2.35. The fraction of sp³-hybridized carbons (Fsp3) is 0.529. The molecule has 1 aromatic rings. The fourth-order valence-electron chi connectivity index (χ4n) is 2.89. The summed E-state index contributed by atoms with van der Waals surface area (Å²) in [5, 5.41) is 2.89. The number of rotatable bonds is 4. The SMILES string of the molecule is CN(C)C(=O)c1ccc(NC(=O)CC2CCCCC2N)cc1.Cl. The van der Waals surface area contributed by atoms with Crippen LogP contribution in [0.2, 0.25) is 0 Å². The van der Waals surface area contributed by atoms with Crippen LogP contribution in [0.25, 0.3) is 0 Å². The molecule has 1 fully saturated rings. The van der Waals surface area contributed by atoms with Gasteiger partial charge in [-0.1, -0.05) is 12.8 Å². The Morgan fingerprint density at radius 2 is 1.78 bits per heavy atom. The van der Waals surface area contributed by atoms with Crippen molar-refractivity contribution in [3.05, 3.63) is 29.8 Å². The molecular weight excluding hydrogens is 314 g/mol. The summed E-state index contributed by atoms with van der Waals surface area (Å²) in [6, 6.07) is 7.11. The Morgan fingerprint density at radius 1 is 1.17 bits per heavy atom. The smallest absolute Gasteiger partial charge is 0.253 e. The summed E-state index contributed by atoms with van der Waals surface area (Å²) in [4.78, 5) is 25.4. The van der Waals surface area contributed by atoms with Crippen LogP contribution < -0.4 is 11.1 Å².